The highest BCUT2D eigenvalue weighted by molar-refractivity contribution is 6.02. The largest absolute Gasteiger partial charge is 0.488 e. The number of para-hydroxylation sites is 1. The van der Waals surface area contributed by atoms with Crippen molar-refractivity contribution < 1.29 is 19.1 Å². The summed E-state index contributed by atoms with van der Waals surface area (Å²) in [6, 6.07) is 34.4. The van der Waals surface area contributed by atoms with Crippen molar-refractivity contribution in [2.24, 2.45) is 0 Å². The molecule has 4 aromatic rings. The van der Waals surface area contributed by atoms with Crippen molar-refractivity contribution >= 4 is 11.8 Å². The van der Waals surface area contributed by atoms with Gasteiger partial charge in [0.1, 0.15) is 17.9 Å². The maximum atomic E-state index is 13.2. The number of rotatable bonds is 8. The fraction of sp³-hybridized carbons (Fsp3) is 0.0714. The van der Waals surface area contributed by atoms with Gasteiger partial charge in [0.05, 0.1) is 0 Å². The van der Waals surface area contributed by atoms with E-state index in [1.54, 1.807) is 60.7 Å². The minimum Gasteiger partial charge on any atom is -0.488 e. The molecule has 0 unspecified atom stereocenters. The first kappa shape index (κ1) is 21.1. The van der Waals surface area contributed by atoms with E-state index >= 15 is 0 Å². The summed E-state index contributed by atoms with van der Waals surface area (Å²) >= 11 is 0. The lowest BCUT2D eigenvalue weighted by Crippen LogP contribution is -2.20. The third-order valence-corrected chi connectivity index (χ3v) is 4.97. The van der Waals surface area contributed by atoms with E-state index in [-0.39, 0.29) is 11.3 Å². The Morgan fingerprint density at radius 1 is 0.656 bits per heavy atom. The molecule has 0 aromatic heterocycles. The van der Waals surface area contributed by atoms with E-state index in [1.165, 1.54) is 0 Å². The minimum absolute atomic E-state index is 0.269. The van der Waals surface area contributed by atoms with E-state index in [2.05, 4.69) is 0 Å². The summed E-state index contributed by atoms with van der Waals surface area (Å²) in [5.74, 6) is -0.500. The molecule has 0 N–H and O–H groups in total. The molecular weight excluding hydrogens is 400 g/mol. The van der Waals surface area contributed by atoms with Crippen LogP contribution < -0.4 is 4.74 Å². The van der Waals surface area contributed by atoms with Crippen LogP contribution in [0.25, 0.3) is 0 Å². The van der Waals surface area contributed by atoms with Gasteiger partial charge < -0.3 is 9.47 Å². The second-order valence-corrected chi connectivity index (χ2v) is 7.20. The molecule has 4 rings (SSSR count). The van der Waals surface area contributed by atoms with Gasteiger partial charge in [-0.15, -0.1) is 0 Å². The van der Waals surface area contributed by atoms with Crippen LogP contribution in [0.2, 0.25) is 0 Å². The van der Waals surface area contributed by atoms with Crippen LogP contribution in [0.3, 0.4) is 0 Å². The summed E-state index contributed by atoms with van der Waals surface area (Å²) in [5, 5.41) is 0. The molecule has 0 bridgehead atoms. The fourth-order valence-electron chi connectivity index (χ4n) is 3.32. The fourth-order valence-corrected chi connectivity index (χ4v) is 3.32. The second kappa shape index (κ2) is 10.2. The van der Waals surface area contributed by atoms with Crippen LogP contribution in [0.15, 0.2) is 115 Å². The van der Waals surface area contributed by atoms with Gasteiger partial charge >= 0.3 is 5.97 Å². The summed E-state index contributed by atoms with van der Waals surface area (Å²) < 4.78 is 11.7. The zero-order valence-corrected chi connectivity index (χ0v) is 17.4. The van der Waals surface area contributed by atoms with Crippen molar-refractivity contribution in [2.45, 2.75) is 12.7 Å². The molecule has 0 aliphatic heterocycles. The Morgan fingerprint density at radius 2 is 1.22 bits per heavy atom. The van der Waals surface area contributed by atoms with Crippen molar-refractivity contribution in [3.05, 3.63) is 138 Å². The van der Waals surface area contributed by atoms with Crippen LogP contribution in [0.5, 0.6) is 5.75 Å². The Morgan fingerprint density at radius 3 is 1.91 bits per heavy atom. The topological polar surface area (TPSA) is 52.6 Å². The Kier molecular flexibility index (Phi) is 6.73. The van der Waals surface area contributed by atoms with Gasteiger partial charge in [-0.1, -0.05) is 103 Å². The first-order chi connectivity index (χ1) is 15.7. The molecule has 0 spiro atoms. The quantitative estimate of drug-likeness (QED) is 0.256. The molecule has 0 saturated carbocycles. The van der Waals surface area contributed by atoms with E-state index in [0.717, 1.165) is 5.56 Å². The summed E-state index contributed by atoms with van der Waals surface area (Å²) in [6.07, 6.45) is -1.06. The second-order valence-electron chi connectivity index (χ2n) is 7.20. The van der Waals surface area contributed by atoms with Gasteiger partial charge in [-0.2, -0.15) is 0 Å². The lowest BCUT2D eigenvalue weighted by atomic mass is 9.99. The number of carbonyl (C=O) groups excluding carboxylic acids is 2. The normalized spacial score (nSPS) is 11.4. The van der Waals surface area contributed by atoms with Crippen molar-refractivity contribution in [3.63, 3.8) is 0 Å². The van der Waals surface area contributed by atoms with Crippen LogP contribution in [0.1, 0.15) is 37.9 Å². The molecule has 0 fully saturated rings. The first-order valence-corrected chi connectivity index (χ1v) is 10.3. The Bertz CT molecular complexity index is 1170. The van der Waals surface area contributed by atoms with Crippen LogP contribution in [0.4, 0.5) is 0 Å². The highest BCUT2D eigenvalue weighted by Crippen LogP contribution is 2.27. The molecule has 4 aromatic carbocycles. The Balaban J connectivity index is 1.58. The first-order valence-electron chi connectivity index (χ1n) is 10.3. The van der Waals surface area contributed by atoms with Gasteiger partial charge in [-0.3, -0.25) is 4.79 Å². The number of ether oxygens (including phenoxy) is 2. The molecule has 0 heterocycles. The van der Waals surface area contributed by atoms with Gasteiger partial charge in [0, 0.05) is 11.1 Å². The average Bonchev–Trinajstić information content (AvgIpc) is 2.87. The number of ketones is 1. The number of hydrogen-bond donors (Lipinski definition) is 0. The molecule has 4 nitrogen and oxygen atoms in total. The summed E-state index contributed by atoms with van der Waals surface area (Å²) in [7, 11) is 0. The van der Waals surface area contributed by atoms with E-state index in [4.69, 9.17) is 9.47 Å². The Labute approximate surface area is 187 Å². The van der Waals surface area contributed by atoms with Crippen molar-refractivity contribution in [1.82, 2.24) is 0 Å². The SMILES string of the molecule is O=C(O[C@H](C(=O)c1ccccc1)c1ccccc1)c1ccccc1OCc1ccccc1. The average molecular weight is 422 g/mol. The van der Waals surface area contributed by atoms with Crippen molar-refractivity contribution in [3.8, 4) is 5.75 Å². The lowest BCUT2D eigenvalue weighted by molar-refractivity contribution is 0.0276. The highest BCUT2D eigenvalue weighted by atomic mass is 16.5. The smallest absolute Gasteiger partial charge is 0.342 e. The maximum Gasteiger partial charge on any atom is 0.342 e. The summed E-state index contributed by atoms with van der Waals surface area (Å²) in [5.41, 5.74) is 2.34. The predicted octanol–water partition coefficient (Wildman–Crippen LogP) is 6.05. The van der Waals surface area contributed by atoms with Crippen molar-refractivity contribution in [2.75, 3.05) is 0 Å². The molecule has 158 valence electrons. The molecule has 0 saturated heterocycles. The van der Waals surface area contributed by atoms with Gasteiger partial charge in [0.2, 0.25) is 5.78 Å². The molecule has 32 heavy (non-hydrogen) atoms. The monoisotopic (exact) mass is 422 g/mol. The number of hydrogen-bond acceptors (Lipinski definition) is 4. The minimum atomic E-state index is -1.06. The Hall–Kier alpha value is -4.18. The highest BCUT2D eigenvalue weighted by Gasteiger charge is 2.27. The number of Topliss-reactive ketones (excluding diaryl/α,β-unsaturated/α-hetero) is 1. The number of carbonyl (C=O) groups is 2. The van der Waals surface area contributed by atoms with Crippen LogP contribution in [-0.2, 0) is 11.3 Å². The van der Waals surface area contributed by atoms with E-state index in [1.807, 2.05) is 54.6 Å². The zero-order valence-electron chi connectivity index (χ0n) is 17.4. The van der Waals surface area contributed by atoms with Gasteiger partial charge in [-0.25, -0.2) is 4.79 Å². The van der Waals surface area contributed by atoms with Gasteiger partial charge in [0.25, 0.3) is 0 Å². The number of esters is 1. The molecule has 4 heteroatoms. The summed E-state index contributed by atoms with van der Waals surface area (Å²) in [6.45, 7) is 0.316. The van der Waals surface area contributed by atoms with Gasteiger partial charge in [0.15, 0.2) is 6.10 Å². The van der Waals surface area contributed by atoms with Gasteiger partial charge in [-0.05, 0) is 17.7 Å². The van der Waals surface area contributed by atoms with Crippen LogP contribution >= 0.6 is 0 Å². The standard InChI is InChI=1S/C28H22O4/c29-26(22-14-6-2-7-15-22)27(23-16-8-3-9-17-23)32-28(30)24-18-10-11-19-25(24)31-20-21-12-4-1-5-13-21/h1-19,27H,20H2/t27-/m0/s1. The van der Waals surface area contributed by atoms with Crippen LogP contribution in [-0.4, -0.2) is 11.8 Å². The van der Waals surface area contributed by atoms with E-state index in [9.17, 15) is 9.59 Å². The van der Waals surface area contributed by atoms with Crippen molar-refractivity contribution in [1.29, 1.82) is 0 Å². The third kappa shape index (κ3) is 5.10. The molecular formula is C28H22O4. The maximum absolute atomic E-state index is 13.2. The third-order valence-electron chi connectivity index (χ3n) is 4.97. The van der Waals surface area contributed by atoms with E-state index in [0.29, 0.717) is 23.5 Å². The molecule has 0 radical (unpaired) electrons. The van der Waals surface area contributed by atoms with Crippen LogP contribution in [0, 0.1) is 0 Å². The summed E-state index contributed by atoms with van der Waals surface area (Å²) in [4.78, 5) is 26.3. The lowest BCUT2D eigenvalue weighted by Gasteiger charge is -2.18. The predicted molar refractivity (Wildman–Crippen MR) is 123 cm³/mol. The van der Waals surface area contributed by atoms with E-state index < -0.39 is 12.1 Å². The molecule has 1 atom stereocenters. The molecule has 0 aliphatic rings. The molecule has 0 amide bonds. The number of benzene rings is 4. The molecule has 0 aliphatic carbocycles. The zero-order chi connectivity index (χ0) is 22.2.